The maximum absolute atomic E-state index is 3.51. The highest BCUT2D eigenvalue weighted by molar-refractivity contribution is 5.25. The van der Waals surface area contributed by atoms with E-state index in [-0.39, 0.29) is 0 Å². The molecule has 1 aliphatic heterocycles. The van der Waals surface area contributed by atoms with E-state index in [0.717, 1.165) is 12.0 Å². The summed E-state index contributed by atoms with van der Waals surface area (Å²) in [6.07, 6.45) is 6.77. The number of hydrogen-bond donors (Lipinski definition) is 1. The van der Waals surface area contributed by atoms with Gasteiger partial charge in [0, 0.05) is 25.2 Å². The van der Waals surface area contributed by atoms with E-state index in [4.69, 9.17) is 0 Å². The van der Waals surface area contributed by atoms with E-state index >= 15 is 0 Å². The van der Waals surface area contributed by atoms with E-state index in [2.05, 4.69) is 48.5 Å². The van der Waals surface area contributed by atoms with Crippen LogP contribution in [0.2, 0.25) is 0 Å². The van der Waals surface area contributed by atoms with Crippen LogP contribution in [0.25, 0.3) is 0 Å². The molecule has 1 heterocycles. The Bertz CT molecular complexity index is 426. The highest BCUT2D eigenvalue weighted by atomic mass is 15.2. The minimum absolute atomic E-state index is 0.477. The van der Waals surface area contributed by atoms with Crippen LogP contribution in [0.1, 0.15) is 49.8 Å². The van der Waals surface area contributed by atoms with E-state index in [1.54, 1.807) is 0 Å². The Morgan fingerprint density at radius 1 is 1.25 bits per heavy atom. The van der Waals surface area contributed by atoms with Crippen molar-refractivity contribution in [3.8, 4) is 0 Å². The Balaban J connectivity index is 1.63. The fourth-order valence-corrected chi connectivity index (χ4v) is 4.05. The van der Waals surface area contributed by atoms with Crippen LogP contribution in [-0.2, 0) is 6.42 Å². The van der Waals surface area contributed by atoms with Crippen molar-refractivity contribution < 1.29 is 0 Å². The van der Waals surface area contributed by atoms with Crippen molar-refractivity contribution in [2.75, 3.05) is 20.1 Å². The third-order valence-electron chi connectivity index (χ3n) is 5.21. The standard InChI is InChI=1S/C18H28N2/c1-3-4-14-5-8-16(9-6-14)18(19-2)13-20-12-15-7-10-17(20)11-15/h5-6,8-9,15,17-19H,3-4,7,10-13H2,1-2H3. The van der Waals surface area contributed by atoms with Gasteiger partial charge in [-0.15, -0.1) is 0 Å². The molecule has 1 saturated carbocycles. The molecule has 3 rings (SSSR count). The normalized spacial score (nSPS) is 27.1. The predicted molar refractivity (Wildman–Crippen MR) is 84.9 cm³/mol. The number of hydrogen-bond acceptors (Lipinski definition) is 2. The van der Waals surface area contributed by atoms with Crippen molar-refractivity contribution >= 4 is 0 Å². The van der Waals surface area contributed by atoms with Gasteiger partial charge in [0.1, 0.15) is 0 Å². The van der Waals surface area contributed by atoms with Gasteiger partial charge in [-0.05, 0) is 49.8 Å². The van der Waals surface area contributed by atoms with Crippen LogP contribution in [0.3, 0.4) is 0 Å². The van der Waals surface area contributed by atoms with Crippen LogP contribution in [-0.4, -0.2) is 31.1 Å². The smallest absolute Gasteiger partial charge is 0.0446 e. The molecule has 1 aromatic carbocycles. The van der Waals surface area contributed by atoms with Crippen molar-refractivity contribution in [3.63, 3.8) is 0 Å². The number of nitrogens with zero attached hydrogens (tertiary/aromatic N) is 1. The first-order chi connectivity index (χ1) is 9.80. The van der Waals surface area contributed by atoms with E-state index in [1.807, 2.05) is 0 Å². The lowest BCUT2D eigenvalue weighted by Gasteiger charge is -2.31. The maximum Gasteiger partial charge on any atom is 0.0446 e. The molecule has 110 valence electrons. The van der Waals surface area contributed by atoms with Crippen LogP contribution in [0.15, 0.2) is 24.3 Å². The maximum atomic E-state index is 3.51. The summed E-state index contributed by atoms with van der Waals surface area (Å²) >= 11 is 0. The van der Waals surface area contributed by atoms with Crippen LogP contribution in [0.4, 0.5) is 0 Å². The number of nitrogens with one attached hydrogen (secondary N) is 1. The number of piperidine rings is 1. The van der Waals surface area contributed by atoms with Crippen molar-refractivity contribution in [1.82, 2.24) is 10.2 Å². The first-order valence-corrected chi connectivity index (χ1v) is 8.30. The van der Waals surface area contributed by atoms with Crippen molar-refractivity contribution in [1.29, 1.82) is 0 Å². The van der Waals surface area contributed by atoms with Gasteiger partial charge in [0.15, 0.2) is 0 Å². The van der Waals surface area contributed by atoms with Crippen LogP contribution in [0, 0.1) is 5.92 Å². The lowest BCUT2D eigenvalue weighted by atomic mass is 10.0. The van der Waals surface area contributed by atoms with Gasteiger partial charge < -0.3 is 5.32 Å². The molecule has 2 fully saturated rings. The SMILES string of the molecule is CCCc1ccc(C(CN2CC3CCC2C3)NC)cc1. The predicted octanol–water partition coefficient (Wildman–Crippen LogP) is 3.38. The molecule has 1 saturated heterocycles. The summed E-state index contributed by atoms with van der Waals surface area (Å²) in [5, 5.41) is 3.51. The molecule has 2 bridgehead atoms. The number of fused-ring (bicyclic) bond motifs is 2. The molecule has 1 aromatic rings. The lowest BCUT2D eigenvalue weighted by Crippen LogP contribution is -2.38. The summed E-state index contributed by atoms with van der Waals surface area (Å²) < 4.78 is 0. The zero-order chi connectivity index (χ0) is 13.9. The zero-order valence-electron chi connectivity index (χ0n) is 12.9. The summed E-state index contributed by atoms with van der Waals surface area (Å²) in [6.45, 7) is 4.74. The van der Waals surface area contributed by atoms with Gasteiger partial charge in [-0.3, -0.25) is 4.90 Å². The van der Waals surface area contributed by atoms with Crippen LogP contribution >= 0.6 is 0 Å². The van der Waals surface area contributed by atoms with Gasteiger partial charge in [-0.1, -0.05) is 37.6 Å². The number of benzene rings is 1. The molecule has 0 amide bonds. The van der Waals surface area contributed by atoms with Crippen molar-refractivity contribution in [2.45, 2.75) is 51.1 Å². The van der Waals surface area contributed by atoms with Crippen molar-refractivity contribution in [3.05, 3.63) is 35.4 Å². The molecular weight excluding hydrogens is 244 g/mol. The molecule has 2 aliphatic rings. The second kappa shape index (κ2) is 6.28. The van der Waals surface area contributed by atoms with Gasteiger partial charge in [0.05, 0.1) is 0 Å². The molecule has 2 nitrogen and oxygen atoms in total. The van der Waals surface area contributed by atoms with Crippen molar-refractivity contribution in [2.24, 2.45) is 5.92 Å². The number of likely N-dealkylation sites (N-methyl/N-ethyl adjacent to an activating group) is 1. The first-order valence-electron chi connectivity index (χ1n) is 8.30. The molecule has 0 radical (unpaired) electrons. The monoisotopic (exact) mass is 272 g/mol. The molecule has 20 heavy (non-hydrogen) atoms. The van der Waals surface area contributed by atoms with Gasteiger partial charge in [0.25, 0.3) is 0 Å². The second-order valence-corrected chi connectivity index (χ2v) is 6.62. The summed E-state index contributed by atoms with van der Waals surface area (Å²) in [5.74, 6) is 0.990. The Morgan fingerprint density at radius 3 is 2.60 bits per heavy atom. The molecule has 0 spiro atoms. The molecule has 1 aliphatic carbocycles. The molecule has 0 aromatic heterocycles. The molecular formula is C18H28N2. The first kappa shape index (κ1) is 14.1. The highest BCUT2D eigenvalue weighted by Crippen LogP contribution is 2.38. The van der Waals surface area contributed by atoms with E-state index in [9.17, 15) is 0 Å². The topological polar surface area (TPSA) is 15.3 Å². The minimum Gasteiger partial charge on any atom is -0.312 e. The molecule has 3 atom stereocenters. The fourth-order valence-electron chi connectivity index (χ4n) is 4.05. The molecule has 3 unspecified atom stereocenters. The Kier molecular flexibility index (Phi) is 4.42. The quantitative estimate of drug-likeness (QED) is 0.854. The van der Waals surface area contributed by atoms with Gasteiger partial charge in [-0.25, -0.2) is 0 Å². The fraction of sp³-hybridized carbons (Fsp3) is 0.667. The minimum atomic E-state index is 0.477. The Morgan fingerprint density at radius 2 is 2.05 bits per heavy atom. The zero-order valence-corrected chi connectivity index (χ0v) is 12.9. The van der Waals surface area contributed by atoms with E-state index in [0.29, 0.717) is 6.04 Å². The Labute approximate surface area is 123 Å². The number of rotatable bonds is 6. The summed E-state index contributed by atoms with van der Waals surface area (Å²) in [6, 6.07) is 10.6. The average Bonchev–Trinajstić information content (AvgIpc) is 3.08. The summed E-state index contributed by atoms with van der Waals surface area (Å²) in [4.78, 5) is 2.72. The molecule has 1 N–H and O–H groups in total. The third-order valence-corrected chi connectivity index (χ3v) is 5.21. The van der Waals surface area contributed by atoms with E-state index < -0.39 is 0 Å². The molecule has 2 heteroatoms. The number of likely N-dealkylation sites (tertiary alicyclic amines) is 1. The lowest BCUT2D eigenvalue weighted by molar-refractivity contribution is 0.194. The van der Waals surface area contributed by atoms with E-state index in [1.165, 1.54) is 56.3 Å². The largest absolute Gasteiger partial charge is 0.312 e. The van der Waals surface area contributed by atoms with Gasteiger partial charge in [0.2, 0.25) is 0 Å². The third kappa shape index (κ3) is 2.91. The van der Waals surface area contributed by atoms with Crippen LogP contribution < -0.4 is 5.32 Å². The Hall–Kier alpha value is -0.860. The summed E-state index contributed by atoms with van der Waals surface area (Å²) in [5.41, 5.74) is 2.90. The highest BCUT2D eigenvalue weighted by Gasteiger charge is 2.38. The number of aryl methyl sites for hydroxylation is 1. The summed E-state index contributed by atoms with van der Waals surface area (Å²) in [7, 11) is 2.10. The average molecular weight is 272 g/mol. The van der Waals surface area contributed by atoms with Crippen LogP contribution in [0.5, 0.6) is 0 Å². The second-order valence-electron chi connectivity index (χ2n) is 6.62. The van der Waals surface area contributed by atoms with Gasteiger partial charge in [-0.2, -0.15) is 0 Å². The van der Waals surface area contributed by atoms with Gasteiger partial charge >= 0.3 is 0 Å².